The molecule has 196 valence electrons. The molecular weight excluding hydrogens is 609 g/mol. The van der Waals surface area contributed by atoms with Crippen LogP contribution in [0.4, 0.5) is 5.69 Å². The number of carbonyl (C=O) groups is 3. The van der Waals surface area contributed by atoms with Crippen LogP contribution in [0.25, 0.3) is 6.08 Å². The quantitative estimate of drug-likeness (QED) is 0.170. The van der Waals surface area contributed by atoms with Crippen molar-refractivity contribution in [2.24, 2.45) is 5.41 Å². The molecule has 0 saturated carbocycles. The smallest absolute Gasteiger partial charge is 0.185 e. The first-order valence-corrected chi connectivity index (χ1v) is 14.4. The number of ketones is 3. The second kappa shape index (κ2) is 9.27. The van der Waals surface area contributed by atoms with Crippen LogP contribution in [0.1, 0.15) is 48.1 Å². The lowest BCUT2D eigenvalue weighted by Crippen LogP contribution is -2.48. The molecule has 1 aliphatic carbocycles. The summed E-state index contributed by atoms with van der Waals surface area (Å²) in [6.45, 7) is 0. The third kappa shape index (κ3) is 3.41. The predicted octanol–water partition coefficient (Wildman–Crippen LogP) is 8.07. The van der Waals surface area contributed by atoms with Crippen molar-refractivity contribution in [2.75, 3.05) is 4.90 Å². The van der Waals surface area contributed by atoms with Gasteiger partial charge in [0.2, 0.25) is 0 Å². The normalized spacial score (nSPS) is 21.9. The van der Waals surface area contributed by atoms with E-state index < -0.39 is 23.4 Å². The Balaban J connectivity index is 1.57. The van der Waals surface area contributed by atoms with Crippen molar-refractivity contribution in [3.8, 4) is 0 Å². The molecule has 4 nitrogen and oxygen atoms in total. The number of halogens is 3. The van der Waals surface area contributed by atoms with E-state index in [-0.39, 0.29) is 17.3 Å². The molecule has 40 heavy (non-hydrogen) atoms. The van der Waals surface area contributed by atoms with Gasteiger partial charge >= 0.3 is 0 Å². The molecule has 0 N–H and O–H groups in total. The number of rotatable bonds is 3. The van der Waals surface area contributed by atoms with E-state index in [9.17, 15) is 14.4 Å². The zero-order chi connectivity index (χ0) is 27.8. The molecule has 7 rings (SSSR count). The number of carbonyl (C=O) groups excluding carboxylic acids is 3. The van der Waals surface area contributed by atoms with Gasteiger partial charge in [-0.05, 0) is 41.5 Å². The number of hydrogen-bond acceptors (Lipinski definition) is 4. The molecule has 1 unspecified atom stereocenters. The summed E-state index contributed by atoms with van der Waals surface area (Å²) in [5, 5.41) is 0.728. The highest BCUT2D eigenvalue weighted by Gasteiger charge is 2.71. The molecule has 0 aromatic heterocycles. The van der Waals surface area contributed by atoms with Crippen LogP contribution in [0.5, 0.6) is 0 Å². The van der Waals surface area contributed by atoms with E-state index >= 15 is 0 Å². The average molecular weight is 629 g/mol. The van der Waals surface area contributed by atoms with Gasteiger partial charge in [-0.3, -0.25) is 14.4 Å². The number of Topliss-reactive ketones (excluding diaryl/α,β-unsaturated/α-hetero) is 3. The summed E-state index contributed by atoms with van der Waals surface area (Å²) >= 11 is 16.7. The summed E-state index contributed by atoms with van der Waals surface area (Å²) in [6.07, 6.45) is 3.83. The maximum Gasteiger partial charge on any atom is 0.185 e. The van der Waals surface area contributed by atoms with Gasteiger partial charge < -0.3 is 4.90 Å². The van der Waals surface area contributed by atoms with Crippen LogP contribution in [-0.4, -0.2) is 29.4 Å². The SMILES string of the molecule is O=C(c1ccccc1)[C@H]1[C@H](c2ccc(Cl)cc2Cl)C2(C(=O)c3ccccc3C2=O)C2C=Cc3cc(Br)ccc3N21. The highest BCUT2D eigenvalue weighted by atomic mass is 79.9. The van der Waals surface area contributed by atoms with Gasteiger partial charge in [0, 0.05) is 42.8 Å². The molecule has 0 amide bonds. The predicted molar refractivity (Wildman–Crippen MR) is 161 cm³/mol. The Kier molecular flexibility index (Phi) is 5.90. The van der Waals surface area contributed by atoms with E-state index in [4.69, 9.17) is 23.2 Å². The molecule has 0 radical (unpaired) electrons. The Morgan fingerprint density at radius 2 is 1.50 bits per heavy atom. The number of hydrogen-bond donors (Lipinski definition) is 0. The summed E-state index contributed by atoms with van der Waals surface area (Å²) in [7, 11) is 0. The largest absolute Gasteiger partial charge is 0.352 e. The minimum atomic E-state index is -1.61. The molecule has 2 aliphatic heterocycles. The molecule has 3 atom stereocenters. The Labute approximate surface area is 249 Å². The van der Waals surface area contributed by atoms with Crippen LogP contribution < -0.4 is 4.90 Å². The minimum Gasteiger partial charge on any atom is -0.352 e. The highest BCUT2D eigenvalue weighted by Crippen LogP contribution is 2.61. The number of nitrogens with zero attached hydrogens (tertiary/aromatic N) is 1. The van der Waals surface area contributed by atoms with Gasteiger partial charge in [-0.1, -0.05) is 112 Å². The summed E-state index contributed by atoms with van der Waals surface area (Å²) in [5.74, 6) is -1.68. The van der Waals surface area contributed by atoms with Crippen molar-refractivity contribution in [3.63, 3.8) is 0 Å². The van der Waals surface area contributed by atoms with Crippen molar-refractivity contribution >= 4 is 68.2 Å². The van der Waals surface area contributed by atoms with Crippen LogP contribution in [0.3, 0.4) is 0 Å². The van der Waals surface area contributed by atoms with Crippen LogP contribution >= 0.6 is 39.1 Å². The van der Waals surface area contributed by atoms with Crippen molar-refractivity contribution in [1.82, 2.24) is 0 Å². The van der Waals surface area contributed by atoms with Gasteiger partial charge in [0.05, 0.1) is 6.04 Å². The van der Waals surface area contributed by atoms with E-state index in [0.717, 1.165) is 15.7 Å². The molecule has 1 saturated heterocycles. The third-order valence-corrected chi connectivity index (χ3v) is 9.45. The van der Waals surface area contributed by atoms with Crippen molar-refractivity contribution in [1.29, 1.82) is 0 Å². The maximum atomic E-state index is 14.6. The molecule has 1 fully saturated rings. The lowest BCUT2D eigenvalue weighted by molar-refractivity contribution is 0.0666. The van der Waals surface area contributed by atoms with E-state index in [2.05, 4.69) is 15.9 Å². The van der Waals surface area contributed by atoms with Crippen molar-refractivity contribution < 1.29 is 14.4 Å². The average Bonchev–Trinajstić information content (AvgIpc) is 3.39. The van der Waals surface area contributed by atoms with Crippen LogP contribution in [0, 0.1) is 5.41 Å². The third-order valence-electron chi connectivity index (χ3n) is 8.39. The Morgan fingerprint density at radius 1 is 0.825 bits per heavy atom. The molecule has 1 spiro atoms. The lowest BCUT2D eigenvalue weighted by Gasteiger charge is -2.37. The standard InChI is InChI=1S/C33H20BrCl2NO3/c34-20-11-14-26-19(16-20)10-15-27-33(31(39)22-8-4-5-9-23(22)32(33)40)28(24-13-12-21(35)17-25(24)36)29(37(26)27)30(38)18-6-2-1-3-7-18/h1-17,27-29H/t27?,28-,29+/m0/s1. The summed E-state index contributed by atoms with van der Waals surface area (Å²) in [5.41, 5.74) is 1.80. The fourth-order valence-electron chi connectivity index (χ4n) is 6.82. The van der Waals surface area contributed by atoms with E-state index in [1.165, 1.54) is 0 Å². The van der Waals surface area contributed by atoms with Crippen molar-refractivity contribution in [3.05, 3.63) is 139 Å². The Morgan fingerprint density at radius 3 is 2.17 bits per heavy atom. The fourth-order valence-corrected chi connectivity index (χ4v) is 7.72. The second-order valence-corrected chi connectivity index (χ2v) is 12.1. The van der Waals surface area contributed by atoms with E-state index in [0.29, 0.717) is 32.3 Å². The van der Waals surface area contributed by atoms with Crippen LogP contribution in [0.2, 0.25) is 10.0 Å². The Bertz CT molecular complexity index is 1750. The first kappa shape index (κ1) is 25.5. The van der Waals surface area contributed by atoms with Gasteiger partial charge in [-0.15, -0.1) is 0 Å². The van der Waals surface area contributed by atoms with Gasteiger partial charge in [0.1, 0.15) is 11.5 Å². The maximum absolute atomic E-state index is 14.6. The Hall–Kier alpha value is -3.51. The fraction of sp³-hybridized carbons (Fsp3) is 0.121. The molecular formula is C33H20BrCl2NO3. The molecule has 7 heteroatoms. The summed E-state index contributed by atoms with van der Waals surface area (Å²) in [6, 6.07) is 25.1. The molecule has 4 aromatic rings. The molecule has 2 heterocycles. The molecule has 4 aromatic carbocycles. The number of anilines is 1. The zero-order valence-corrected chi connectivity index (χ0v) is 24.0. The van der Waals surface area contributed by atoms with Gasteiger partial charge in [-0.25, -0.2) is 0 Å². The first-order chi connectivity index (χ1) is 19.3. The minimum absolute atomic E-state index is 0.195. The van der Waals surface area contributed by atoms with Gasteiger partial charge in [-0.2, -0.15) is 0 Å². The monoisotopic (exact) mass is 627 g/mol. The molecule has 3 aliphatic rings. The summed E-state index contributed by atoms with van der Waals surface area (Å²) in [4.78, 5) is 45.9. The van der Waals surface area contributed by atoms with Gasteiger partial charge in [0.25, 0.3) is 0 Å². The van der Waals surface area contributed by atoms with E-state index in [1.54, 1.807) is 54.6 Å². The summed E-state index contributed by atoms with van der Waals surface area (Å²) < 4.78 is 0.881. The van der Waals surface area contributed by atoms with Crippen LogP contribution in [0.15, 0.2) is 102 Å². The molecule has 0 bridgehead atoms. The number of benzene rings is 4. The number of fused-ring (bicyclic) bond motifs is 5. The zero-order valence-electron chi connectivity index (χ0n) is 20.9. The lowest BCUT2D eigenvalue weighted by atomic mass is 9.64. The topological polar surface area (TPSA) is 54.5 Å². The van der Waals surface area contributed by atoms with Crippen molar-refractivity contribution in [2.45, 2.75) is 18.0 Å². The second-order valence-electron chi connectivity index (χ2n) is 10.3. The van der Waals surface area contributed by atoms with E-state index in [1.807, 2.05) is 53.5 Å². The van der Waals surface area contributed by atoms with Gasteiger partial charge in [0.15, 0.2) is 17.3 Å². The highest BCUT2D eigenvalue weighted by molar-refractivity contribution is 9.10. The first-order valence-electron chi connectivity index (χ1n) is 12.8. The van der Waals surface area contributed by atoms with Crippen LogP contribution in [-0.2, 0) is 0 Å².